The molecule has 0 bridgehead atoms. The molecule has 2 rings (SSSR count). The Balaban J connectivity index is 2.04. The SMILES string of the molecule is CCOC(=O)CSc1nnc(-c2ccccc2O)o1. The maximum Gasteiger partial charge on any atom is 0.316 e. The van der Waals surface area contributed by atoms with E-state index in [1.165, 1.54) is 6.07 Å². The lowest BCUT2D eigenvalue weighted by Crippen LogP contribution is -2.06. The van der Waals surface area contributed by atoms with E-state index in [4.69, 9.17) is 9.15 Å². The van der Waals surface area contributed by atoms with Gasteiger partial charge in [-0.25, -0.2) is 0 Å². The summed E-state index contributed by atoms with van der Waals surface area (Å²) in [4.78, 5) is 11.2. The third kappa shape index (κ3) is 3.47. The van der Waals surface area contributed by atoms with E-state index in [0.29, 0.717) is 12.2 Å². The predicted molar refractivity (Wildman–Crippen MR) is 68.8 cm³/mol. The van der Waals surface area contributed by atoms with Gasteiger partial charge in [0.2, 0.25) is 0 Å². The molecule has 0 atom stereocenters. The molecule has 100 valence electrons. The summed E-state index contributed by atoms with van der Waals surface area (Å²) in [5.74, 6) is 0.0448. The van der Waals surface area contributed by atoms with Crippen molar-refractivity contribution in [2.75, 3.05) is 12.4 Å². The van der Waals surface area contributed by atoms with Crippen molar-refractivity contribution in [1.29, 1.82) is 0 Å². The Morgan fingerprint density at radius 1 is 1.42 bits per heavy atom. The highest BCUT2D eigenvalue weighted by molar-refractivity contribution is 7.99. The minimum Gasteiger partial charge on any atom is -0.507 e. The second-order valence-corrected chi connectivity index (χ2v) is 4.41. The zero-order chi connectivity index (χ0) is 13.7. The lowest BCUT2D eigenvalue weighted by atomic mass is 10.2. The Morgan fingerprint density at radius 2 is 2.21 bits per heavy atom. The van der Waals surface area contributed by atoms with Gasteiger partial charge in [0.1, 0.15) is 11.5 Å². The van der Waals surface area contributed by atoms with Gasteiger partial charge in [-0.1, -0.05) is 23.9 Å². The molecule has 0 unspecified atom stereocenters. The second-order valence-electron chi connectivity index (χ2n) is 3.48. The molecule has 2 aromatic rings. The lowest BCUT2D eigenvalue weighted by molar-refractivity contribution is -0.139. The molecule has 0 saturated carbocycles. The molecule has 6 nitrogen and oxygen atoms in total. The molecular weight excluding hydrogens is 268 g/mol. The summed E-state index contributed by atoms with van der Waals surface area (Å²) in [5.41, 5.74) is 0.456. The van der Waals surface area contributed by atoms with Crippen molar-refractivity contribution in [2.45, 2.75) is 12.1 Å². The van der Waals surface area contributed by atoms with Gasteiger partial charge in [-0.3, -0.25) is 4.79 Å². The number of hydrogen-bond acceptors (Lipinski definition) is 7. The van der Waals surface area contributed by atoms with Crippen LogP contribution >= 0.6 is 11.8 Å². The molecule has 1 heterocycles. The summed E-state index contributed by atoms with van der Waals surface area (Å²) in [6.45, 7) is 2.08. The Morgan fingerprint density at radius 3 is 2.95 bits per heavy atom. The first-order valence-electron chi connectivity index (χ1n) is 5.61. The second kappa shape index (κ2) is 6.24. The van der Waals surface area contributed by atoms with Crippen LogP contribution in [0.4, 0.5) is 0 Å². The third-order valence-corrected chi connectivity index (χ3v) is 2.95. The van der Waals surface area contributed by atoms with E-state index in [0.717, 1.165) is 11.8 Å². The van der Waals surface area contributed by atoms with E-state index in [9.17, 15) is 9.90 Å². The van der Waals surface area contributed by atoms with Crippen molar-refractivity contribution in [3.05, 3.63) is 24.3 Å². The number of ether oxygens (including phenoxy) is 1. The number of aromatic hydroxyl groups is 1. The number of thioether (sulfide) groups is 1. The number of aromatic nitrogens is 2. The van der Waals surface area contributed by atoms with Gasteiger partial charge in [0.25, 0.3) is 11.1 Å². The molecule has 1 aromatic carbocycles. The minimum atomic E-state index is -0.338. The first-order chi connectivity index (χ1) is 9.20. The smallest absolute Gasteiger partial charge is 0.316 e. The molecule has 1 aromatic heterocycles. The largest absolute Gasteiger partial charge is 0.507 e. The summed E-state index contributed by atoms with van der Waals surface area (Å²) in [6, 6.07) is 6.66. The Kier molecular flexibility index (Phi) is 4.40. The Bertz CT molecular complexity index is 570. The normalized spacial score (nSPS) is 10.4. The van der Waals surface area contributed by atoms with E-state index in [1.54, 1.807) is 25.1 Å². The standard InChI is InChI=1S/C12H12N2O4S/c1-2-17-10(16)7-19-12-14-13-11(18-12)8-5-3-4-6-9(8)15/h3-6,15H,2,7H2,1H3. The number of esters is 1. The van der Waals surface area contributed by atoms with Crippen LogP contribution in [-0.4, -0.2) is 33.6 Å². The van der Waals surface area contributed by atoms with Crippen LogP contribution in [0.3, 0.4) is 0 Å². The van der Waals surface area contributed by atoms with Crippen LogP contribution in [0.1, 0.15) is 6.92 Å². The average molecular weight is 280 g/mol. The van der Waals surface area contributed by atoms with Gasteiger partial charge in [-0.2, -0.15) is 0 Å². The molecule has 0 fully saturated rings. The van der Waals surface area contributed by atoms with Crippen molar-refractivity contribution < 1.29 is 19.1 Å². The van der Waals surface area contributed by atoms with Gasteiger partial charge in [0.05, 0.1) is 12.2 Å². The predicted octanol–water partition coefficient (Wildman–Crippen LogP) is 2.10. The number of hydrogen-bond donors (Lipinski definition) is 1. The van der Waals surface area contributed by atoms with Crippen LogP contribution < -0.4 is 0 Å². The number of phenols is 1. The zero-order valence-corrected chi connectivity index (χ0v) is 11.0. The van der Waals surface area contributed by atoms with Gasteiger partial charge >= 0.3 is 5.97 Å². The van der Waals surface area contributed by atoms with Crippen LogP contribution in [0.25, 0.3) is 11.5 Å². The van der Waals surface area contributed by atoms with Crippen molar-refractivity contribution in [3.63, 3.8) is 0 Å². The molecule has 0 saturated heterocycles. The average Bonchev–Trinajstić information content (AvgIpc) is 2.86. The van der Waals surface area contributed by atoms with Crippen LogP contribution in [0.15, 0.2) is 33.9 Å². The quantitative estimate of drug-likeness (QED) is 0.663. The van der Waals surface area contributed by atoms with E-state index >= 15 is 0 Å². The summed E-state index contributed by atoms with van der Waals surface area (Å²) in [5, 5.41) is 17.5. The maximum absolute atomic E-state index is 11.2. The van der Waals surface area contributed by atoms with E-state index in [-0.39, 0.29) is 28.6 Å². The van der Waals surface area contributed by atoms with Gasteiger partial charge in [-0.15, -0.1) is 10.2 Å². The number of nitrogens with zero attached hydrogens (tertiary/aromatic N) is 2. The summed E-state index contributed by atoms with van der Waals surface area (Å²) in [6.07, 6.45) is 0. The fourth-order valence-electron chi connectivity index (χ4n) is 1.35. The number of carbonyl (C=O) groups excluding carboxylic acids is 1. The highest BCUT2D eigenvalue weighted by atomic mass is 32.2. The van der Waals surface area contributed by atoms with Crippen LogP contribution in [0.2, 0.25) is 0 Å². The number of phenolic OH excluding ortho intramolecular Hbond substituents is 1. The summed E-state index contributed by atoms with van der Waals surface area (Å²) >= 11 is 1.09. The van der Waals surface area contributed by atoms with Crippen molar-refractivity contribution in [2.24, 2.45) is 0 Å². The third-order valence-electron chi connectivity index (χ3n) is 2.16. The van der Waals surface area contributed by atoms with Crippen molar-refractivity contribution in [3.8, 4) is 17.2 Å². The summed E-state index contributed by atoms with van der Waals surface area (Å²) in [7, 11) is 0. The molecule has 0 aliphatic rings. The molecule has 0 spiro atoms. The molecule has 19 heavy (non-hydrogen) atoms. The summed E-state index contributed by atoms with van der Waals surface area (Å²) < 4.78 is 10.1. The molecule has 0 radical (unpaired) electrons. The number of carbonyl (C=O) groups is 1. The molecule has 1 N–H and O–H groups in total. The minimum absolute atomic E-state index is 0.0630. The maximum atomic E-state index is 11.2. The van der Waals surface area contributed by atoms with Crippen LogP contribution in [0.5, 0.6) is 5.75 Å². The highest BCUT2D eigenvalue weighted by Gasteiger charge is 2.13. The van der Waals surface area contributed by atoms with Gasteiger partial charge in [-0.05, 0) is 19.1 Å². The van der Waals surface area contributed by atoms with E-state index in [2.05, 4.69) is 10.2 Å². The molecule has 0 amide bonds. The van der Waals surface area contributed by atoms with Crippen LogP contribution in [-0.2, 0) is 9.53 Å². The number of para-hydroxylation sites is 1. The Hall–Kier alpha value is -2.02. The van der Waals surface area contributed by atoms with E-state index < -0.39 is 0 Å². The lowest BCUT2D eigenvalue weighted by Gasteiger charge is -1.98. The highest BCUT2D eigenvalue weighted by Crippen LogP contribution is 2.29. The molecular formula is C12H12N2O4S. The zero-order valence-electron chi connectivity index (χ0n) is 10.2. The topological polar surface area (TPSA) is 85.5 Å². The number of rotatable bonds is 5. The molecule has 0 aliphatic carbocycles. The van der Waals surface area contributed by atoms with E-state index in [1.807, 2.05) is 0 Å². The van der Waals surface area contributed by atoms with Gasteiger partial charge in [0.15, 0.2) is 0 Å². The molecule has 0 aliphatic heterocycles. The first kappa shape index (κ1) is 13.4. The number of benzene rings is 1. The van der Waals surface area contributed by atoms with Crippen molar-refractivity contribution >= 4 is 17.7 Å². The monoisotopic (exact) mass is 280 g/mol. The van der Waals surface area contributed by atoms with Crippen molar-refractivity contribution in [1.82, 2.24) is 10.2 Å². The van der Waals surface area contributed by atoms with Crippen LogP contribution in [0, 0.1) is 0 Å². The Labute approximate surface area is 113 Å². The molecule has 7 heteroatoms. The first-order valence-corrected chi connectivity index (χ1v) is 6.59. The fraction of sp³-hybridized carbons (Fsp3) is 0.250. The van der Waals surface area contributed by atoms with Gasteiger partial charge < -0.3 is 14.3 Å². The van der Waals surface area contributed by atoms with Gasteiger partial charge in [0, 0.05) is 0 Å². The fourth-order valence-corrected chi connectivity index (χ4v) is 1.92.